The monoisotopic (exact) mass is 380 g/mol. The molecule has 0 fully saturated rings. The highest BCUT2D eigenvalue weighted by atomic mass is 19.3. The Balaban J connectivity index is 1.73. The third-order valence-corrected chi connectivity index (χ3v) is 3.62. The van der Waals surface area contributed by atoms with Gasteiger partial charge >= 0.3 is 6.61 Å². The molecule has 0 aliphatic heterocycles. The van der Waals surface area contributed by atoms with Gasteiger partial charge in [0, 0.05) is 18.2 Å². The van der Waals surface area contributed by atoms with Crippen molar-refractivity contribution in [1.82, 2.24) is 5.32 Å². The summed E-state index contributed by atoms with van der Waals surface area (Å²) in [7, 11) is 0. The quantitative estimate of drug-likeness (QED) is 0.533. The first-order valence-corrected chi connectivity index (χ1v) is 8.03. The van der Waals surface area contributed by atoms with E-state index in [9.17, 15) is 23.7 Å². The largest absolute Gasteiger partial charge is 0.484 e. The average molecular weight is 380 g/mol. The maximum absolute atomic E-state index is 12.1. The van der Waals surface area contributed by atoms with E-state index in [2.05, 4.69) is 10.1 Å². The molecule has 2 aromatic carbocycles. The molecule has 0 heterocycles. The number of aryl methyl sites for hydroxylation is 1. The Morgan fingerprint density at radius 1 is 1.19 bits per heavy atom. The number of nitrogens with zero attached hydrogens (tertiary/aromatic N) is 1. The van der Waals surface area contributed by atoms with Gasteiger partial charge in [0.25, 0.3) is 11.6 Å². The predicted molar refractivity (Wildman–Crippen MR) is 93.1 cm³/mol. The van der Waals surface area contributed by atoms with Gasteiger partial charge < -0.3 is 14.8 Å². The van der Waals surface area contributed by atoms with Gasteiger partial charge in [-0.3, -0.25) is 14.9 Å². The third kappa shape index (κ3) is 6.53. The van der Waals surface area contributed by atoms with Crippen molar-refractivity contribution in [2.45, 2.75) is 20.0 Å². The van der Waals surface area contributed by atoms with Crippen LogP contribution in [0, 0.1) is 17.0 Å². The number of halogens is 2. The lowest BCUT2D eigenvalue weighted by Gasteiger charge is -2.09. The van der Waals surface area contributed by atoms with Crippen molar-refractivity contribution < 1.29 is 28.0 Å². The number of hydrogen-bond donors (Lipinski definition) is 1. The molecule has 0 aromatic heterocycles. The van der Waals surface area contributed by atoms with Crippen LogP contribution in [0.1, 0.15) is 11.1 Å². The molecule has 0 saturated heterocycles. The van der Waals surface area contributed by atoms with E-state index in [1.165, 1.54) is 30.3 Å². The molecule has 1 amide bonds. The van der Waals surface area contributed by atoms with Gasteiger partial charge in [-0.25, -0.2) is 0 Å². The van der Waals surface area contributed by atoms with Gasteiger partial charge in [0.05, 0.1) is 4.92 Å². The van der Waals surface area contributed by atoms with Crippen molar-refractivity contribution in [3.8, 4) is 11.5 Å². The molecule has 0 radical (unpaired) electrons. The first-order chi connectivity index (χ1) is 12.8. The van der Waals surface area contributed by atoms with Crippen molar-refractivity contribution in [2.24, 2.45) is 0 Å². The Bertz CT molecular complexity index is 797. The minimum atomic E-state index is -2.87. The highest BCUT2D eigenvalue weighted by molar-refractivity contribution is 5.77. The number of nitro benzene ring substituents is 1. The van der Waals surface area contributed by atoms with Crippen molar-refractivity contribution in [2.75, 3.05) is 13.2 Å². The van der Waals surface area contributed by atoms with Crippen LogP contribution in [0.4, 0.5) is 14.5 Å². The van der Waals surface area contributed by atoms with Gasteiger partial charge in [-0.15, -0.1) is 0 Å². The maximum Gasteiger partial charge on any atom is 0.387 e. The summed E-state index contributed by atoms with van der Waals surface area (Å²) in [6.45, 7) is -1.16. The molecule has 0 unspecified atom stereocenters. The Kier molecular flexibility index (Phi) is 7.04. The lowest BCUT2D eigenvalue weighted by molar-refractivity contribution is -0.385. The van der Waals surface area contributed by atoms with Gasteiger partial charge in [0.1, 0.15) is 11.5 Å². The smallest absolute Gasteiger partial charge is 0.387 e. The van der Waals surface area contributed by atoms with Crippen molar-refractivity contribution in [3.63, 3.8) is 0 Å². The molecule has 0 spiro atoms. The molecule has 0 aliphatic rings. The fourth-order valence-corrected chi connectivity index (χ4v) is 2.31. The molecular weight excluding hydrogens is 362 g/mol. The van der Waals surface area contributed by atoms with Gasteiger partial charge in [-0.05, 0) is 43.2 Å². The number of hydrogen-bond acceptors (Lipinski definition) is 5. The van der Waals surface area contributed by atoms with Crippen LogP contribution in [0.5, 0.6) is 11.5 Å². The van der Waals surface area contributed by atoms with Crippen LogP contribution in [-0.2, 0) is 11.2 Å². The molecular formula is C18H18F2N2O5. The molecule has 9 heteroatoms. The zero-order valence-electron chi connectivity index (χ0n) is 14.5. The van der Waals surface area contributed by atoms with Crippen molar-refractivity contribution >= 4 is 11.6 Å². The highest BCUT2D eigenvalue weighted by Gasteiger charge is 2.11. The van der Waals surface area contributed by atoms with E-state index in [1.54, 1.807) is 19.1 Å². The minimum absolute atomic E-state index is 0.0169. The molecule has 0 atom stereocenters. The first kappa shape index (κ1) is 20.1. The summed E-state index contributed by atoms with van der Waals surface area (Å²) < 4.78 is 33.7. The molecule has 1 N–H and O–H groups in total. The Morgan fingerprint density at radius 3 is 2.44 bits per heavy atom. The number of ether oxygens (including phenoxy) is 2. The Hall–Kier alpha value is -3.23. The molecule has 0 aliphatic carbocycles. The van der Waals surface area contributed by atoms with Crippen LogP contribution < -0.4 is 14.8 Å². The summed E-state index contributed by atoms with van der Waals surface area (Å²) in [6, 6.07) is 10.4. The lowest BCUT2D eigenvalue weighted by Crippen LogP contribution is -2.30. The number of nitrogens with one attached hydrogen (secondary N) is 1. The van der Waals surface area contributed by atoms with Crippen LogP contribution in [0.25, 0.3) is 0 Å². The number of amides is 1. The SMILES string of the molecule is Cc1cc(OCC(=O)NCCc2ccc(OC(F)F)cc2)ccc1[N+](=O)[O-]. The zero-order valence-corrected chi connectivity index (χ0v) is 14.5. The molecule has 2 aromatic rings. The molecule has 0 bridgehead atoms. The van der Waals surface area contributed by atoms with Gasteiger partial charge in [0.15, 0.2) is 6.61 Å². The molecule has 144 valence electrons. The first-order valence-electron chi connectivity index (χ1n) is 8.03. The van der Waals surface area contributed by atoms with Gasteiger partial charge in [-0.1, -0.05) is 12.1 Å². The second-order valence-electron chi connectivity index (χ2n) is 5.62. The average Bonchev–Trinajstić information content (AvgIpc) is 2.61. The minimum Gasteiger partial charge on any atom is -0.484 e. The van der Waals surface area contributed by atoms with E-state index in [1.807, 2.05) is 0 Å². The van der Waals surface area contributed by atoms with Crippen LogP contribution in [0.3, 0.4) is 0 Å². The van der Waals surface area contributed by atoms with Crippen molar-refractivity contribution in [3.05, 3.63) is 63.7 Å². The van der Waals surface area contributed by atoms with E-state index < -0.39 is 11.5 Å². The fraction of sp³-hybridized carbons (Fsp3) is 0.278. The molecule has 0 saturated carbocycles. The Labute approximate surface area is 154 Å². The van der Waals surface area contributed by atoms with Gasteiger partial charge in [-0.2, -0.15) is 8.78 Å². The number of benzene rings is 2. The number of alkyl halides is 2. The van der Waals surface area contributed by atoms with Gasteiger partial charge in [0.2, 0.25) is 0 Å². The van der Waals surface area contributed by atoms with E-state index >= 15 is 0 Å². The lowest BCUT2D eigenvalue weighted by atomic mass is 10.1. The fourth-order valence-electron chi connectivity index (χ4n) is 2.31. The molecule has 2 rings (SSSR count). The van der Waals surface area contributed by atoms with Crippen LogP contribution >= 0.6 is 0 Å². The summed E-state index contributed by atoms with van der Waals surface area (Å²) >= 11 is 0. The summed E-state index contributed by atoms with van der Waals surface area (Å²) in [4.78, 5) is 22.1. The summed E-state index contributed by atoms with van der Waals surface area (Å²) in [5.41, 5.74) is 1.28. The standard InChI is InChI=1S/C18H18F2N2O5/c1-12-10-15(6-7-16(12)22(24)25)26-11-17(23)21-9-8-13-2-4-14(5-3-13)27-18(19)20/h2-7,10,18H,8-9,11H2,1H3,(H,21,23). The normalized spacial score (nSPS) is 10.5. The van der Waals surface area contributed by atoms with Crippen LogP contribution in [-0.4, -0.2) is 30.6 Å². The third-order valence-electron chi connectivity index (χ3n) is 3.62. The van der Waals surface area contributed by atoms with E-state index in [0.29, 0.717) is 24.3 Å². The second kappa shape index (κ2) is 9.46. The number of carbonyl (C=O) groups is 1. The predicted octanol–water partition coefficient (Wildman–Crippen LogP) is 3.24. The topological polar surface area (TPSA) is 90.7 Å². The van der Waals surface area contributed by atoms with E-state index in [4.69, 9.17) is 4.74 Å². The zero-order chi connectivity index (χ0) is 19.8. The van der Waals surface area contributed by atoms with Crippen molar-refractivity contribution in [1.29, 1.82) is 0 Å². The second-order valence-corrected chi connectivity index (χ2v) is 5.62. The number of nitro groups is 1. The molecule has 7 nitrogen and oxygen atoms in total. The Morgan fingerprint density at radius 2 is 1.85 bits per heavy atom. The maximum atomic E-state index is 12.1. The molecule has 27 heavy (non-hydrogen) atoms. The van der Waals surface area contributed by atoms with Crippen LogP contribution in [0.2, 0.25) is 0 Å². The van der Waals surface area contributed by atoms with Crippen LogP contribution in [0.15, 0.2) is 42.5 Å². The van der Waals surface area contributed by atoms with E-state index in [-0.39, 0.29) is 24.0 Å². The van der Waals surface area contributed by atoms with E-state index in [0.717, 1.165) is 5.56 Å². The number of rotatable bonds is 9. The summed E-state index contributed by atoms with van der Waals surface area (Å²) in [5.74, 6) is 0.0936. The number of carbonyl (C=O) groups excluding carboxylic acids is 1. The summed E-state index contributed by atoms with van der Waals surface area (Å²) in [6.07, 6.45) is 0.511. The highest BCUT2D eigenvalue weighted by Crippen LogP contribution is 2.22. The summed E-state index contributed by atoms with van der Waals surface area (Å²) in [5, 5.41) is 13.4.